The maximum atomic E-state index is 12.7. The molecule has 6 heteroatoms. The van der Waals surface area contributed by atoms with Crippen molar-refractivity contribution in [3.63, 3.8) is 0 Å². The van der Waals surface area contributed by atoms with Gasteiger partial charge in [-0.05, 0) is 31.2 Å². The number of carbonyl (C=O) groups is 2. The van der Waals surface area contributed by atoms with Gasteiger partial charge in [0.1, 0.15) is 0 Å². The van der Waals surface area contributed by atoms with E-state index < -0.39 is 0 Å². The van der Waals surface area contributed by atoms with E-state index in [1.807, 2.05) is 4.90 Å². The fourth-order valence-electron chi connectivity index (χ4n) is 4.03. The SMILES string of the molecule is COC(=O)CN1CCN(C(=O)C2NCC3CCCC32)CC1. The molecule has 2 aliphatic heterocycles. The van der Waals surface area contributed by atoms with Gasteiger partial charge >= 0.3 is 5.97 Å². The zero-order chi connectivity index (χ0) is 14.8. The summed E-state index contributed by atoms with van der Waals surface area (Å²) in [6, 6.07) is 0.0321. The second-order valence-corrected chi connectivity index (χ2v) is 6.42. The number of hydrogen-bond acceptors (Lipinski definition) is 5. The van der Waals surface area contributed by atoms with Gasteiger partial charge in [0.05, 0.1) is 19.7 Å². The van der Waals surface area contributed by atoms with Crippen molar-refractivity contribution in [2.45, 2.75) is 25.3 Å². The van der Waals surface area contributed by atoms with Crippen molar-refractivity contribution in [3.8, 4) is 0 Å². The Bertz CT molecular complexity index is 407. The van der Waals surface area contributed by atoms with E-state index in [4.69, 9.17) is 0 Å². The predicted octanol–water partition coefficient (Wildman–Crippen LogP) is -0.308. The van der Waals surface area contributed by atoms with Crippen LogP contribution in [0, 0.1) is 11.8 Å². The van der Waals surface area contributed by atoms with Crippen molar-refractivity contribution in [3.05, 3.63) is 0 Å². The minimum absolute atomic E-state index is 0.0321. The van der Waals surface area contributed by atoms with Gasteiger partial charge in [-0.25, -0.2) is 0 Å². The Morgan fingerprint density at radius 2 is 1.95 bits per heavy atom. The number of nitrogens with zero attached hydrogens (tertiary/aromatic N) is 2. The highest BCUT2D eigenvalue weighted by molar-refractivity contribution is 5.83. The molecule has 0 radical (unpaired) electrons. The molecule has 1 amide bonds. The van der Waals surface area contributed by atoms with Crippen LogP contribution in [-0.4, -0.2) is 74.1 Å². The Kier molecular flexibility index (Phi) is 4.45. The number of fused-ring (bicyclic) bond motifs is 1. The average molecular weight is 295 g/mol. The molecule has 0 spiro atoms. The van der Waals surface area contributed by atoms with Gasteiger partial charge < -0.3 is 15.0 Å². The fraction of sp³-hybridized carbons (Fsp3) is 0.867. The van der Waals surface area contributed by atoms with Crippen molar-refractivity contribution in [2.24, 2.45) is 11.8 Å². The molecule has 0 bridgehead atoms. The van der Waals surface area contributed by atoms with Crippen molar-refractivity contribution >= 4 is 11.9 Å². The predicted molar refractivity (Wildman–Crippen MR) is 77.7 cm³/mol. The lowest BCUT2D eigenvalue weighted by atomic mass is 9.93. The van der Waals surface area contributed by atoms with E-state index in [9.17, 15) is 9.59 Å². The van der Waals surface area contributed by atoms with Gasteiger partial charge in [0, 0.05) is 26.2 Å². The van der Waals surface area contributed by atoms with Crippen LogP contribution >= 0.6 is 0 Å². The van der Waals surface area contributed by atoms with E-state index in [-0.39, 0.29) is 17.9 Å². The maximum absolute atomic E-state index is 12.7. The lowest BCUT2D eigenvalue weighted by Gasteiger charge is -2.36. The van der Waals surface area contributed by atoms with Crippen LogP contribution in [0.5, 0.6) is 0 Å². The van der Waals surface area contributed by atoms with Crippen LogP contribution < -0.4 is 5.32 Å². The van der Waals surface area contributed by atoms with E-state index in [0.29, 0.717) is 31.5 Å². The maximum Gasteiger partial charge on any atom is 0.319 e. The second-order valence-electron chi connectivity index (χ2n) is 6.42. The number of piperazine rings is 1. The molecule has 0 aromatic carbocycles. The summed E-state index contributed by atoms with van der Waals surface area (Å²) in [6.45, 7) is 4.26. The van der Waals surface area contributed by atoms with E-state index in [1.54, 1.807) is 0 Å². The third kappa shape index (κ3) is 3.06. The number of ether oxygens (including phenoxy) is 1. The van der Waals surface area contributed by atoms with Gasteiger partial charge in [-0.3, -0.25) is 14.5 Å². The first-order valence-electron chi connectivity index (χ1n) is 8.00. The third-order valence-electron chi connectivity index (χ3n) is 5.28. The lowest BCUT2D eigenvalue weighted by Crippen LogP contribution is -2.54. The molecule has 3 unspecified atom stereocenters. The Hall–Kier alpha value is -1.14. The van der Waals surface area contributed by atoms with Crippen molar-refractivity contribution in [2.75, 3.05) is 46.4 Å². The highest BCUT2D eigenvalue weighted by Crippen LogP contribution is 2.38. The third-order valence-corrected chi connectivity index (χ3v) is 5.28. The Morgan fingerprint density at radius 3 is 2.67 bits per heavy atom. The topological polar surface area (TPSA) is 61.9 Å². The molecular formula is C15H25N3O3. The zero-order valence-electron chi connectivity index (χ0n) is 12.7. The summed E-state index contributed by atoms with van der Waals surface area (Å²) >= 11 is 0. The molecule has 1 saturated carbocycles. The summed E-state index contributed by atoms with van der Waals surface area (Å²) < 4.78 is 4.68. The van der Waals surface area contributed by atoms with Gasteiger partial charge in [0.2, 0.25) is 5.91 Å². The number of hydrogen-bond donors (Lipinski definition) is 1. The van der Waals surface area contributed by atoms with Crippen LogP contribution in [0.15, 0.2) is 0 Å². The lowest BCUT2D eigenvalue weighted by molar-refractivity contribution is -0.143. The molecule has 2 heterocycles. The molecule has 3 atom stereocenters. The van der Waals surface area contributed by atoms with Crippen LogP contribution in [0.2, 0.25) is 0 Å². The number of esters is 1. The molecule has 118 valence electrons. The van der Waals surface area contributed by atoms with Crippen LogP contribution in [0.1, 0.15) is 19.3 Å². The fourth-order valence-corrected chi connectivity index (χ4v) is 4.03. The Labute approximate surface area is 125 Å². The first kappa shape index (κ1) is 14.8. The molecule has 1 N–H and O–H groups in total. The molecule has 0 aromatic rings. The molecule has 3 fully saturated rings. The number of carbonyl (C=O) groups excluding carboxylic acids is 2. The minimum atomic E-state index is -0.207. The van der Waals surface area contributed by atoms with E-state index in [2.05, 4.69) is 15.0 Å². The van der Waals surface area contributed by atoms with E-state index in [0.717, 1.165) is 19.6 Å². The molecule has 0 aromatic heterocycles. The van der Waals surface area contributed by atoms with Gasteiger partial charge in [-0.1, -0.05) is 6.42 Å². The normalized spacial score (nSPS) is 33.0. The molecular weight excluding hydrogens is 270 g/mol. The molecule has 21 heavy (non-hydrogen) atoms. The molecule has 2 saturated heterocycles. The van der Waals surface area contributed by atoms with Crippen LogP contribution in [0.25, 0.3) is 0 Å². The Balaban J connectivity index is 1.50. The summed E-state index contributed by atoms with van der Waals surface area (Å²) in [5, 5.41) is 3.43. The van der Waals surface area contributed by atoms with Gasteiger partial charge in [0.15, 0.2) is 0 Å². The summed E-state index contributed by atoms with van der Waals surface area (Å²) in [7, 11) is 1.41. The van der Waals surface area contributed by atoms with Gasteiger partial charge in [-0.15, -0.1) is 0 Å². The first-order valence-corrected chi connectivity index (χ1v) is 8.00. The average Bonchev–Trinajstić information content (AvgIpc) is 3.10. The molecule has 6 nitrogen and oxygen atoms in total. The summed E-state index contributed by atoms with van der Waals surface area (Å²) in [4.78, 5) is 28.0. The van der Waals surface area contributed by atoms with Crippen LogP contribution in [0.3, 0.4) is 0 Å². The van der Waals surface area contributed by atoms with E-state index >= 15 is 0 Å². The molecule has 3 aliphatic rings. The largest absolute Gasteiger partial charge is 0.468 e. The summed E-state index contributed by atoms with van der Waals surface area (Å²) in [6.07, 6.45) is 3.73. The molecule has 1 aliphatic carbocycles. The van der Waals surface area contributed by atoms with Crippen LogP contribution in [-0.2, 0) is 14.3 Å². The van der Waals surface area contributed by atoms with Crippen LogP contribution in [0.4, 0.5) is 0 Å². The number of amides is 1. The first-order chi connectivity index (χ1) is 10.2. The molecule has 3 rings (SSSR count). The van der Waals surface area contributed by atoms with Crippen molar-refractivity contribution in [1.29, 1.82) is 0 Å². The Morgan fingerprint density at radius 1 is 1.19 bits per heavy atom. The van der Waals surface area contributed by atoms with Crippen molar-refractivity contribution in [1.82, 2.24) is 15.1 Å². The second kappa shape index (κ2) is 6.32. The number of methoxy groups -OCH3 is 1. The minimum Gasteiger partial charge on any atom is -0.468 e. The highest BCUT2D eigenvalue weighted by atomic mass is 16.5. The standard InChI is InChI=1S/C15H25N3O3/c1-21-13(19)10-17-5-7-18(8-6-17)15(20)14-12-4-2-3-11(12)9-16-14/h11-12,14,16H,2-10H2,1H3. The van der Waals surface area contributed by atoms with Gasteiger partial charge in [0.25, 0.3) is 0 Å². The number of nitrogens with one attached hydrogen (secondary N) is 1. The quantitative estimate of drug-likeness (QED) is 0.724. The smallest absolute Gasteiger partial charge is 0.319 e. The summed E-state index contributed by atoms with van der Waals surface area (Å²) in [5.74, 6) is 1.31. The van der Waals surface area contributed by atoms with E-state index in [1.165, 1.54) is 26.4 Å². The zero-order valence-corrected chi connectivity index (χ0v) is 12.7. The number of rotatable bonds is 3. The highest BCUT2D eigenvalue weighted by Gasteiger charge is 2.44. The van der Waals surface area contributed by atoms with Gasteiger partial charge in [-0.2, -0.15) is 0 Å². The monoisotopic (exact) mass is 295 g/mol. The van der Waals surface area contributed by atoms with Crippen molar-refractivity contribution < 1.29 is 14.3 Å². The summed E-state index contributed by atoms with van der Waals surface area (Å²) in [5.41, 5.74) is 0.